The van der Waals surface area contributed by atoms with E-state index in [0.717, 1.165) is 37.4 Å². The zero-order valence-electron chi connectivity index (χ0n) is 15.7. The first kappa shape index (κ1) is 18.3. The third kappa shape index (κ3) is 4.99. The first-order valence-electron chi connectivity index (χ1n) is 9.17. The third-order valence-electron chi connectivity index (χ3n) is 4.80. The van der Waals surface area contributed by atoms with E-state index in [2.05, 4.69) is 68.5 Å². The SMILES string of the molecule is CN(C)c1ccc(CNC(=O)CN2CCN(c3ccccc3)CC2)cc1. The van der Waals surface area contributed by atoms with Crippen LogP contribution in [-0.4, -0.2) is 57.6 Å². The Bertz CT molecular complexity index is 692. The molecule has 0 unspecified atom stereocenters. The van der Waals surface area contributed by atoms with Crippen molar-refractivity contribution >= 4 is 17.3 Å². The van der Waals surface area contributed by atoms with E-state index in [9.17, 15) is 4.79 Å². The van der Waals surface area contributed by atoms with Crippen LogP contribution in [0.1, 0.15) is 5.56 Å². The molecule has 0 spiro atoms. The summed E-state index contributed by atoms with van der Waals surface area (Å²) in [6.07, 6.45) is 0. The number of nitrogens with zero attached hydrogens (tertiary/aromatic N) is 3. The molecule has 5 heteroatoms. The van der Waals surface area contributed by atoms with Crippen LogP contribution in [0.5, 0.6) is 0 Å². The van der Waals surface area contributed by atoms with Gasteiger partial charge in [0, 0.05) is 58.2 Å². The van der Waals surface area contributed by atoms with Crippen LogP contribution >= 0.6 is 0 Å². The zero-order valence-corrected chi connectivity index (χ0v) is 15.7. The Hall–Kier alpha value is -2.53. The molecule has 138 valence electrons. The fraction of sp³-hybridized carbons (Fsp3) is 0.381. The van der Waals surface area contributed by atoms with E-state index in [0.29, 0.717) is 13.1 Å². The van der Waals surface area contributed by atoms with E-state index in [1.54, 1.807) is 0 Å². The summed E-state index contributed by atoms with van der Waals surface area (Å²) in [7, 11) is 4.04. The van der Waals surface area contributed by atoms with Crippen molar-refractivity contribution in [3.05, 3.63) is 60.2 Å². The summed E-state index contributed by atoms with van der Waals surface area (Å²) in [6, 6.07) is 18.7. The van der Waals surface area contributed by atoms with Crippen LogP contribution in [0.15, 0.2) is 54.6 Å². The molecule has 3 rings (SSSR count). The summed E-state index contributed by atoms with van der Waals surface area (Å²) in [6.45, 7) is 4.81. The molecule has 2 aromatic carbocycles. The molecule has 0 aromatic heterocycles. The van der Waals surface area contributed by atoms with Gasteiger partial charge in [-0.1, -0.05) is 30.3 Å². The number of carbonyl (C=O) groups is 1. The molecular formula is C21H28N4O. The van der Waals surface area contributed by atoms with Gasteiger partial charge in [0.25, 0.3) is 0 Å². The maximum atomic E-state index is 12.2. The Morgan fingerprint density at radius 2 is 1.62 bits per heavy atom. The second-order valence-electron chi connectivity index (χ2n) is 6.94. The Morgan fingerprint density at radius 3 is 2.23 bits per heavy atom. The van der Waals surface area contributed by atoms with Gasteiger partial charge in [0.1, 0.15) is 0 Å². The summed E-state index contributed by atoms with van der Waals surface area (Å²) in [5.41, 5.74) is 3.55. The molecule has 26 heavy (non-hydrogen) atoms. The maximum Gasteiger partial charge on any atom is 0.234 e. The van der Waals surface area contributed by atoms with Crippen molar-refractivity contribution in [3.63, 3.8) is 0 Å². The quantitative estimate of drug-likeness (QED) is 0.865. The highest BCUT2D eigenvalue weighted by Gasteiger charge is 2.18. The standard InChI is InChI=1S/C21H28N4O/c1-23(2)19-10-8-18(9-11-19)16-22-21(26)17-24-12-14-25(15-13-24)20-6-4-3-5-7-20/h3-11H,12-17H2,1-2H3,(H,22,26). The van der Waals surface area contributed by atoms with E-state index in [4.69, 9.17) is 0 Å². The predicted octanol–water partition coefficient (Wildman–Crippen LogP) is 2.19. The average molecular weight is 352 g/mol. The van der Waals surface area contributed by atoms with Crippen molar-refractivity contribution in [2.75, 3.05) is 56.6 Å². The summed E-state index contributed by atoms with van der Waals surface area (Å²) < 4.78 is 0. The van der Waals surface area contributed by atoms with E-state index in [1.165, 1.54) is 5.69 Å². The maximum absolute atomic E-state index is 12.2. The number of anilines is 2. The van der Waals surface area contributed by atoms with Gasteiger partial charge in [0.05, 0.1) is 6.54 Å². The second kappa shape index (κ2) is 8.72. The van der Waals surface area contributed by atoms with Crippen LogP contribution in [0.25, 0.3) is 0 Å². The summed E-state index contributed by atoms with van der Waals surface area (Å²) >= 11 is 0. The minimum absolute atomic E-state index is 0.0925. The third-order valence-corrected chi connectivity index (χ3v) is 4.80. The minimum atomic E-state index is 0.0925. The van der Waals surface area contributed by atoms with Gasteiger partial charge in [-0.2, -0.15) is 0 Å². The topological polar surface area (TPSA) is 38.8 Å². The number of rotatable bonds is 6. The van der Waals surface area contributed by atoms with Crippen LogP contribution in [-0.2, 0) is 11.3 Å². The molecule has 0 saturated carbocycles. The molecule has 2 aromatic rings. The van der Waals surface area contributed by atoms with Crippen molar-refractivity contribution < 1.29 is 4.79 Å². The molecule has 1 saturated heterocycles. The summed E-state index contributed by atoms with van der Waals surface area (Å²) in [5.74, 6) is 0.0925. The van der Waals surface area contributed by atoms with E-state index in [-0.39, 0.29) is 5.91 Å². The lowest BCUT2D eigenvalue weighted by molar-refractivity contribution is -0.122. The lowest BCUT2D eigenvalue weighted by Crippen LogP contribution is -2.49. The molecule has 1 fully saturated rings. The summed E-state index contributed by atoms with van der Waals surface area (Å²) in [5, 5.41) is 3.03. The molecule has 1 N–H and O–H groups in total. The molecule has 0 bridgehead atoms. The molecule has 0 aliphatic carbocycles. The number of nitrogens with one attached hydrogen (secondary N) is 1. The number of carbonyl (C=O) groups excluding carboxylic acids is 1. The molecule has 1 aliphatic heterocycles. The van der Waals surface area contributed by atoms with Gasteiger partial charge >= 0.3 is 0 Å². The highest BCUT2D eigenvalue weighted by molar-refractivity contribution is 5.78. The van der Waals surface area contributed by atoms with Gasteiger partial charge in [-0.15, -0.1) is 0 Å². The van der Waals surface area contributed by atoms with Gasteiger partial charge < -0.3 is 15.1 Å². The Kier molecular flexibility index (Phi) is 6.12. The van der Waals surface area contributed by atoms with Crippen LogP contribution in [0.4, 0.5) is 11.4 Å². The number of hydrogen-bond donors (Lipinski definition) is 1. The lowest BCUT2D eigenvalue weighted by Gasteiger charge is -2.35. The number of benzene rings is 2. The Balaban J connectivity index is 1.40. The molecule has 0 atom stereocenters. The Labute approximate surface area is 156 Å². The highest BCUT2D eigenvalue weighted by atomic mass is 16.2. The van der Waals surface area contributed by atoms with Crippen LogP contribution in [0.2, 0.25) is 0 Å². The van der Waals surface area contributed by atoms with Gasteiger partial charge in [0.2, 0.25) is 5.91 Å². The monoisotopic (exact) mass is 352 g/mol. The first-order valence-corrected chi connectivity index (χ1v) is 9.17. The zero-order chi connectivity index (χ0) is 18.4. The van der Waals surface area contributed by atoms with E-state index < -0.39 is 0 Å². The van der Waals surface area contributed by atoms with Gasteiger partial charge in [0.15, 0.2) is 0 Å². The van der Waals surface area contributed by atoms with Crippen LogP contribution < -0.4 is 15.1 Å². The smallest absolute Gasteiger partial charge is 0.234 e. The number of amides is 1. The molecule has 1 amide bonds. The molecule has 1 aliphatic rings. The Morgan fingerprint density at radius 1 is 0.962 bits per heavy atom. The largest absolute Gasteiger partial charge is 0.378 e. The normalized spacial score (nSPS) is 14.9. The molecule has 5 nitrogen and oxygen atoms in total. The second-order valence-corrected chi connectivity index (χ2v) is 6.94. The molecular weight excluding hydrogens is 324 g/mol. The predicted molar refractivity (Wildman–Crippen MR) is 108 cm³/mol. The van der Waals surface area contributed by atoms with Crippen molar-refractivity contribution in [1.29, 1.82) is 0 Å². The van der Waals surface area contributed by atoms with Crippen molar-refractivity contribution in [3.8, 4) is 0 Å². The number of hydrogen-bond acceptors (Lipinski definition) is 4. The van der Waals surface area contributed by atoms with Crippen molar-refractivity contribution in [2.24, 2.45) is 0 Å². The summed E-state index contributed by atoms with van der Waals surface area (Å²) in [4.78, 5) is 18.9. The molecule has 0 radical (unpaired) electrons. The average Bonchev–Trinajstić information content (AvgIpc) is 2.68. The van der Waals surface area contributed by atoms with Crippen molar-refractivity contribution in [1.82, 2.24) is 10.2 Å². The fourth-order valence-electron chi connectivity index (χ4n) is 3.17. The van der Waals surface area contributed by atoms with Crippen LogP contribution in [0, 0.1) is 0 Å². The number of piperazine rings is 1. The van der Waals surface area contributed by atoms with Crippen LogP contribution in [0.3, 0.4) is 0 Å². The van der Waals surface area contributed by atoms with Gasteiger partial charge in [-0.25, -0.2) is 0 Å². The van der Waals surface area contributed by atoms with Gasteiger partial charge in [-0.3, -0.25) is 9.69 Å². The molecule has 1 heterocycles. The highest BCUT2D eigenvalue weighted by Crippen LogP contribution is 2.15. The van der Waals surface area contributed by atoms with Crippen molar-refractivity contribution in [2.45, 2.75) is 6.54 Å². The number of para-hydroxylation sites is 1. The fourth-order valence-corrected chi connectivity index (χ4v) is 3.17. The minimum Gasteiger partial charge on any atom is -0.378 e. The van der Waals surface area contributed by atoms with Gasteiger partial charge in [-0.05, 0) is 29.8 Å². The van der Waals surface area contributed by atoms with E-state index >= 15 is 0 Å². The lowest BCUT2D eigenvalue weighted by atomic mass is 10.2. The van der Waals surface area contributed by atoms with E-state index in [1.807, 2.05) is 20.2 Å². The first-order chi connectivity index (χ1) is 12.6.